The number of benzene rings is 2. The number of hydrogen-bond donors (Lipinski definition) is 1. The van der Waals surface area contributed by atoms with Gasteiger partial charge >= 0.3 is 0 Å². The van der Waals surface area contributed by atoms with Gasteiger partial charge in [-0.2, -0.15) is 0 Å². The van der Waals surface area contributed by atoms with Crippen molar-refractivity contribution >= 4 is 22.4 Å². The van der Waals surface area contributed by atoms with Crippen molar-refractivity contribution in [1.82, 2.24) is 5.32 Å². The van der Waals surface area contributed by atoms with Crippen molar-refractivity contribution < 1.29 is 4.79 Å². The van der Waals surface area contributed by atoms with Gasteiger partial charge in [0.15, 0.2) is 0 Å². The summed E-state index contributed by atoms with van der Waals surface area (Å²) in [6.07, 6.45) is 3.08. The highest BCUT2D eigenvalue weighted by Crippen LogP contribution is 2.27. The highest BCUT2D eigenvalue weighted by molar-refractivity contribution is 6.03. The average Bonchev–Trinajstić information content (AvgIpc) is 3.32. The van der Waals surface area contributed by atoms with Gasteiger partial charge in [0, 0.05) is 30.9 Å². The third-order valence-electron chi connectivity index (χ3n) is 4.02. The lowest BCUT2D eigenvalue weighted by Crippen LogP contribution is -2.33. The van der Waals surface area contributed by atoms with Gasteiger partial charge in [-0.15, -0.1) is 0 Å². The molecule has 1 fully saturated rings. The van der Waals surface area contributed by atoms with Crippen molar-refractivity contribution in [3.8, 4) is 0 Å². The van der Waals surface area contributed by atoms with Gasteiger partial charge in [-0.3, -0.25) is 4.79 Å². The SMILES string of the molecule is CCN(C(=O)CCNC1CC1)c1cccc2ccccc12. The molecule has 0 heterocycles. The number of nitrogens with zero attached hydrogens (tertiary/aromatic N) is 1. The number of hydrogen-bond acceptors (Lipinski definition) is 2. The van der Waals surface area contributed by atoms with E-state index in [0.29, 0.717) is 19.0 Å². The van der Waals surface area contributed by atoms with Crippen LogP contribution in [0.15, 0.2) is 42.5 Å². The number of anilines is 1. The van der Waals surface area contributed by atoms with Crippen LogP contribution in [0.3, 0.4) is 0 Å². The zero-order valence-electron chi connectivity index (χ0n) is 12.5. The smallest absolute Gasteiger partial charge is 0.228 e. The molecule has 3 heteroatoms. The molecule has 0 radical (unpaired) electrons. The zero-order chi connectivity index (χ0) is 14.7. The second kappa shape index (κ2) is 6.27. The van der Waals surface area contributed by atoms with E-state index in [0.717, 1.165) is 17.6 Å². The lowest BCUT2D eigenvalue weighted by Gasteiger charge is -2.23. The number of rotatable bonds is 6. The topological polar surface area (TPSA) is 32.3 Å². The van der Waals surface area contributed by atoms with Crippen LogP contribution in [0.1, 0.15) is 26.2 Å². The Morgan fingerprint density at radius 3 is 2.71 bits per heavy atom. The third kappa shape index (κ3) is 3.24. The summed E-state index contributed by atoms with van der Waals surface area (Å²) >= 11 is 0. The van der Waals surface area contributed by atoms with Gasteiger partial charge in [0.1, 0.15) is 0 Å². The summed E-state index contributed by atoms with van der Waals surface area (Å²) in [6.45, 7) is 3.52. The molecule has 0 aromatic heterocycles. The van der Waals surface area contributed by atoms with E-state index in [-0.39, 0.29) is 5.91 Å². The monoisotopic (exact) mass is 282 g/mol. The van der Waals surface area contributed by atoms with Crippen molar-refractivity contribution in [2.24, 2.45) is 0 Å². The van der Waals surface area contributed by atoms with Gasteiger partial charge in [0.2, 0.25) is 5.91 Å². The molecular formula is C18H22N2O. The highest BCUT2D eigenvalue weighted by Gasteiger charge is 2.21. The summed E-state index contributed by atoms with van der Waals surface area (Å²) in [5.74, 6) is 0.196. The molecule has 110 valence electrons. The number of fused-ring (bicyclic) bond motifs is 1. The first-order valence-electron chi connectivity index (χ1n) is 7.81. The number of amides is 1. The largest absolute Gasteiger partial charge is 0.313 e. The van der Waals surface area contributed by atoms with Crippen LogP contribution >= 0.6 is 0 Å². The van der Waals surface area contributed by atoms with Crippen molar-refractivity contribution in [1.29, 1.82) is 0 Å². The van der Waals surface area contributed by atoms with Crippen LogP contribution < -0.4 is 10.2 Å². The van der Waals surface area contributed by atoms with E-state index in [1.807, 2.05) is 36.1 Å². The fraction of sp³-hybridized carbons (Fsp3) is 0.389. The van der Waals surface area contributed by atoms with E-state index in [1.54, 1.807) is 0 Å². The third-order valence-corrected chi connectivity index (χ3v) is 4.02. The Kier molecular flexibility index (Phi) is 4.20. The summed E-state index contributed by atoms with van der Waals surface area (Å²) in [7, 11) is 0. The Bertz CT molecular complexity index is 629. The van der Waals surface area contributed by atoms with E-state index in [9.17, 15) is 4.79 Å². The first-order valence-corrected chi connectivity index (χ1v) is 7.81. The van der Waals surface area contributed by atoms with Gasteiger partial charge in [0.25, 0.3) is 0 Å². The average molecular weight is 282 g/mol. The predicted octanol–water partition coefficient (Wildman–Crippen LogP) is 3.33. The minimum absolute atomic E-state index is 0.196. The Hall–Kier alpha value is -1.87. The minimum atomic E-state index is 0.196. The summed E-state index contributed by atoms with van der Waals surface area (Å²) in [6, 6.07) is 15.0. The molecule has 2 aromatic rings. The van der Waals surface area contributed by atoms with Crippen LogP contribution in [-0.2, 0) is 4.79 Å². The first-order chi connectivity index (χ1) is 10.3. The molecule has 0 bridgehead atoms. The maximum atomic E-state index is 12.5. The van der Waals surface area contributed by atoms with Crippen LogP contribution in [-0.4, -0.2) is 25.0 Å². The van der Waals surface area contributed by atoms with Gasteiger partial charge in [-0.1, -0.05) is 36.4 Å². The molecule has 0 aliphatic heterocycles. The number of carbonyl (C=O) groups excluding carboxylic acids is 1. The summed E-state index contributed by atoms with van der Waals surface area (Å²) in [5, 5.41) is 5.73. The maximum absolute atomic E-state index is 12.5. The molecule has 0 unspecified atom stereocenters. The van der Waals surface area contributed by atoms with Gasteiger partial charge in [-0.05, 0) is 31.2 Å². The molecule has 0 spiro atoms. The van der Waals surface area contributed by atoms with E-state index < -0.39 is 0 Å². The molecule has 1 N–H and O–H groups in total. The van der Waals surface area contributed by atoms with Crippen LogP contribution in [0.2, 0.25) is 0 Å². The minimum Gasteiger partial charge on any atom is -0.313 e. The Balaban J connectivity index is 1.78. The summed E-state index contributed by atoms with van der Waals surface area (Å²) in [4.78, 5) is 14.4. The lowest BCUT2D eigenvalue weighted by molar-refractivity contribution is -0.118. The van der Waals surface area contributed by atoms with E-state index in [4.69, 9.17) is 0 Å². The molecule has 0 atom stereocenters. The van der Waals surface area contributed by atoms with Crippen LogP contribution in [0.25, 0.3) is 10.8 Å². The quantitative estimate of drug-likeness (QED) is 0.881. The van der Waals surface area contributed by atoms with Crippen molar-refractivity contribution in [2.45, 2.75) is 32.2 Å². The van der Waals surface area contributed by atoms with Crippen LogP contribution in [0, 0.1) is 0 Å². The summed E-state index contributed by atoms with van der Waals surface area (Å²) in [5.41, 5.74) is 1.02. The van der Waals surface area contributed by atoms with E-state index in [1.165, 1.54) is 18.2 Å². The summed E-state index contributed by atoms with van der Waals surface area (Å²) < 4.78 is 0. The lowest BCUT2D eigenvalue weighted by atomic mass is 10.1. The molecule has 0 saturated heterocycles. The first kappa shape index (κ1) is 14.1. The standard InChI is InChI=1S/C18H22N2O/c1-2-20(18(21)12-13-19-15-10-11-15)17-9-5-7-14-6-3-4-8-16(14)17/h3-9,15,19H,2,10-13H2,1H3. The van der Waals surface area contributed by atoms with E-state index in [2.05, 4.69) is 23.5 Å². The Morgan fingerprint density at radius 2 is 1.95 bits per heavy atom. The molecule has 2 aromatic carbocycles. The molecular weight excluding hydrogens is 260 g/mol. The van der Waals surface area contributed by atoms with Gasteiger partial charge in [-0.25, -0.2) is 0 Å². The second-order valence-corrected chi connectivity index (χ2v) is 5.61. The highest BCUT2D eigenvalue weighted by atomic mass is 16.2. The fourth-order valence-electron chi connectivity index (χ4n) is 2.73. The number of nitrogens with one attached hydrogen (secondary N) is 1. The second-order valence-electron chi connectivity index (χ2n) is 5.61. The molecule has 1 saturated carbocycles. The fourth-order valence-corrected chi connectivity index (χ4v) is 2.73. The zero-order valence-corrected chi connectivity index (χ0v) is 12.5. The maximum Gasteiger partial charge on any atom is 0.228 e. The Morgan fingerprint density at radius 1 is 1.19 bits per heavy atom. The molecule has 1 aliphatic carbocycles. The normalized spacial score (nSPS) is 14.3. The van der Waals surface area contributed by atoms with Crippen molar-refractivity contribution in [3.05, 3.63) is 42.5 Å². The Labute approximate surface area is 125 Å². The number of carbonyl (C=O) groups is 1. The molecule has 21 heavy (non-hydrogen) atoms. The van der Waals surface area contributed by atoms with Crippen molar-refractivity contribution in [3.63, 3.8) is 0 Å². The van der Waals surface area contributed by atoms with Gasteiger partial charge < -0.3 is 10.2 Å². The van der Waals surface area contributed by atoms with E-state index >= 15 is 0 Å². The molecule has 3 rings (SSSR count). The van der Waals surface area contributed by atoms with Crippen molar-refractivity contribution in [2.75, 3.05) is 18.0 Å². The van der Waals surface area contributed by atoms with Gasteiger partial charge in [0.05, 0.1) is 5.69 Å². The molecule has 3 nitrogen and oxygen atoms in total. The predicted molar refractivity (Wildman–Crippen MR) is 87.6 cm³/mol. The van der Waals surface area contributed by atoms with Crippen LogP contribution in [0.4, 0.5) is 5.69 Å². The van der Waals surface area contributed by atoms with Crippen LogP contribution in [0.5, 0.6) is 0 Å². The molecule has 1 aliphatic rings. The molecule has 1 amide bonds.